The van der Waals surface area contributed by atoms with Crippen molar-refractivity contribution in [3.63, 3.8) is 0 Å². The zero-order chi connectivity index (χ0) is 17.1. The van der Waals surface area contributed by atoms with Crippen molar-refractivity contribution in [1.82, 2.24) is 0 Å². The molecule has 126 valence electrons. The second-order valence-electron chi connectivity index (χ2n) is 5.59. The Labute approximate surface area is 139 Å². The van der Waals surface area contributed by atoms with E-state index in [9.17, 15) is 9.59 Å². The number of carbonyl (C=O) groups is 2. The molecule has 0 aliphatic heterocycles. The summed E-state index contributed by atoms with van der Waals surface area (Å²) in [5.41, 5.74) is 1.19. The van der Waals surface area contributed by atoms with Gasteiger partial charge in [0.05, 0.1) is 13.0 Å². The lowest BCUT2D eigenvalue weighted by atomic mass is 9.91. The molecule has 1 rings (SSSR count). The van der Waals surface area contributed by atoms with Crippen molar-refractivity contribution in [1.29, 1.82) is 0 Å². The Morgan fingerprint density at radius 2 is 1.65 bits per heavy atom. The quantitative estimate of drug-likeness (QED) is 0.445. The Morgan fingerprint density at radius 3 is 2.26 bits per heavy atom. The second-order valence-corrected chi connectivity index (χ2v) is 5.59. The summed E-state index contributed by atoms with van der Waals surface area (Å²) in [5, 5.41) is 0. The van der Waals surface area contributed by atoms with Crippen LogP contribution in [0.4, 0.5) is 0 Å². The molecular formula is C20H28O3. The SMILES string of the molecule is CCC(=O)C(CCC=CCCc1ccccc1OC)C(=O)CC. The van der Waals surface area contributed by atoms with Crippen LogP contribution >= 0.6 is 0 Å². The maximum Gasteiger partial charge on any atom is 0.143 e. The smallest absolute Gasteiger partial charge is 0.143 e. The molecule has 0 fully saturated rings. The van der Waals surface area contributed by atoms with Crippen LogP contribution < -0.4 is 4.74 Å². The van der Waals surface area contributed by atoms with E-state index < -0.39 is 5.92 Å². The van der Waals surface area contributed by atoms with E-state index in [1.807, 2.05) is 32.0 Å². The van der Waals surface area contributed by atoms with Crippen molar-refractivity contribution < 1.29 is 14.3 Å². The van der Waals surface area contributed by atoms with Gasteiger partial charge in [-0.1, -0.05) is 44.2 Å². The highest BCUT2D eigenvalue weighted by Gasteiger charge is 2.22. The number of carbonyl (C=O) groups excluding carboxylic acids is 2. The second kappa shape index (κ2) is 10.8. The van der Waals surface area contributed by atoms with Gasteiger partial charge in [-0.2, -0.15) is 0 Å². The summed E-state index contributed by atoms with van der Waals surface area (Å²) in [5.74, 6) is 0.644. The Bertz CT molecular complexity index is 515. The van der Waals surface area contributed by atoms with Gasteiger partial charge in [0.1, 0.15) is 17.3 Å². The molecule has 0 radical (unpaired) electrons. The molecule has 23 heavy (non-hydrogen) atoms. The van der Waals surface area contributed by atoms with E-state index >= 15 is 0 Å². The summed E-state index contributed by atoms with van der Waals surface area (Å²) in [7, 11) is 1.68. The van der Waals surface area contributed by atoms with Gasteiger partial charge in [-0.25, -0.2) is 0 Å². The van der Waals surface area contributed by atoms with Gasteiger partial charge in [-0.15, -0.1) is 0 Å². The summed E-state index contributed by atoms with van der Waals surface area (Å²) in [4.78, 5) is 23.7. The molecule has 0 saturated carbocycles. The van der Waals surface area contributed by atoms with Gasteiger partial charge in [-0.05, 0) is 37.3 Å². The molecule has 0 atom stereocenters. The number of hydrogen-bond acceptors (Lipinski definition) is 3. The zero-order valence-electron chi connectivity index (χ0n) is 14.5. The predicted molar refractivity (Wildman–Crippen MR) is 93.8 cm³/mol. The minimum atomic E-state index is -0.413. The fraction of sp³-hybridized carbons (Fsp3) is 0.500. The monoisotopic (exact) mass is 316 g/mol. The van der Waals surface area contributed by atoms with Crippen LogP contribution in [0.25, 0.3) is 0 Å². The lowest BCUT2D eigenvalue weighted by molar-refractivity contribution is -0.132. The maximum absolute atomic E-state index is 11.8. The van der Waals surface area contributed by atoms with E-state index in [4.69, 9.17) is 4.74 Å². The molecule has 3 heteroatoms. The van der Waals surface area contributed by atoms with Gasteiger partial charge < -0.3 is 4.74 Å². The first-order valence-electron chi connectivity index (χ1n) is 8.46. The molecule has 0 amide bonds. The summed E-state index contributed by atoms with van der Waals surface area (Å²) in [6.07, 6.45) is 8.32. The minimum absolute atomic E-state index is 0.0688. The normalized spacial score (nSPS) is 11.1. The molecule has 0 unspecified atom stereocenters. The van der Waals surface area contributed by atoms with Crippen molar-refractivity contribution in [3.8, 4) is 5.75 Å². The van der Waals surface area contributed by atoms with Crippen LogP contribution in [0, 0.1) is 5.92 Å². The zero-order valence-corrected chi connectivity index (χ0v) is 14.5. The Hall–Kier alpha value is -1.90. The number of allylic oxidation sites excluding steroid dienone is 2. The highest BCUT2D eigenvalue weighted by Crippen LogP contribution is 2.19. The third-order valence-electron chi connectivity index (χ3n) is 4.04. The fourth-order valence-corrected chi connectivity index (χ4v) is 2.64. The summed E-state index contributed by atoms with van der Waals surface area (Å²) in [6.45, 7) is 3.64. The van der Waals surface area contributed by atoms with Gasteiger partial charge in [-0.3, -0.25) is 9.59 Å². The maximum atomic E-state index is 11.8. The van der Waals surface area contributed by atoms with E-state index in [-0.39, 0.29) is 11.6 Å². The van der Waals surface area contributed by atoms with E-state index in [0.29, 0.717) is 19.3 Å². The van der Waals surface area contributed by atoms with Crippen LogP contribution in [0.15, 0.2) is 36.4 Å². The number of ether oxygens (including phenoxy) is 1. The van der Waals surface area contributed by atoms with E-state index in [0.717, 1.165) is 25.0 Å². The van der Waals surface area contributed by atoms with Crippen LogP contribution in [0.2, 0.25) is 0 Å². The molecule has 0 bridgehead atoms. The van der Waals surface area contributed by atoms with Crippen LogP contribution in [0.3, 0.4) is 0 Å². The van der Waals surface area contributed by atoms with Crippen molar-refractivity contribution in [2.45, 2.75) is 52.4 Å². The van der Waals surface area contributed by atoms with Crippen LogP contribution in [0.1, 0.15) is 51.5 Å². The first kappa shape index (κ1) is 19.1. The molecule has 1 aromatic carbocycles. The summed E-state index contributed by atoms with van der Waals surface area (Å²) in [6, 6.07) is 8.02. The van der Waals surface area contributed by atoms with Crippen molar-refractivity contribution in [2.75, 3.05) is 7.11 Å². The van der Waals surface area contributed by atoms with E-state index in [1.54, 1.807) is 7.11 Å². The molecule has 0 N–H and O–H groups in total. The number of benzene rings is 1. The van der Waals surface area contributed by atoms with Crippen molar-refractivity contribution in [3.05, 3.63) is 42.0 Å². The number of Topliss-reactive ketones (excluding diaryl/α,β-unsaturated/α-hetero) is 2. The largest absolute Gasteiger partial charge is 0.496 e. The Balaban J connectivity index is 2.41. The number of rotatable bonds is 11. The van der Waals surface area contributed by atoms with Crippen molar-refractivity contribution in [2.24, 2.45) is 5.92 Å². The van der Waals surface area contributed by atoms with Gasteiger partial charge in [0.15, 0.2) is 0 Å². The summed E-state index contributed by atoms with van der Waals surface area (Å²) < 4.78 is 5.33. The average molecular weight is 316 g/mol. The minimum Gasteiger partial charge on any atom is -0.496 e. The molecule has 1 aromatic rings. The molecule has 0 spiro atoms. The Morgan fingerprint density at radius 1 is 1.04 bits per heavy atom. The van der Waals surface area contributed by atoms with Crippen LogP contribution in [0.5, 0.6) is 5.75 Å². The highest BCUT2D eigenvalue weighted by atomic mass is 16.5. The lowest BCUT2D eigenvalue weighted by Crippen LogP contribution is -2.22. The topological polar surface area (TPSA) is 43.4 Å². The molecule has 0 saturated heterocycles. The van der Waals surface area contributed by atoms with Gasteiger partial charge in [0, 0.05) is 12.8 Å². The predicted octanol–water partition coefficient (Wildman–Crippen LogP) is 4.54. The first-order chi connectivity index (χ1) is 11.1. The standard InChI is InChI=1S/C20H28O3/c1-4-18(21)17(19(22)5-2)14-9-7-6-8-12-16-13-10-11-15-20(16)23-3/h6-7,10-11,13,15,17H,4-5,8-9,12,14H2,1-3H3. The van der Waals surface area contributed by atoms with Crippen LogP contribution in [-0.2, 0) is 16.0 Å². The molecule has 0 aliphatic carbocycles. The fourth-order valence-electron chi connectivity index (χ4n) is 2.64. The molecule has 0 aliphatic rings. The van der Waals surface area contributed by atoms with Crippen LogP contribution in [-0.4, -0.2) is 18.7 Å². The number of hydrogen-bond donors (Lipinski definition) is 0. The van der Waals surface area contributed by atoms with E-state index in [1.165, 1.54) is 5.56 Å². The van der Waals surface area contributed by atoms with Gasteiger partial charge in [0.25, 0.3) is 0 Å². The summed E-state index contributed by atoms with van der Waals surface area (Å²) >= 11 is 0. The van der Waals surface area contributed by atoms with Gasteiger partial charge >= 0.3 is 0 Å². The molecular weight excluding hydrogens is 288 g/mol. The third kappa shape index (κ3) is 6.39. The molecule has 3 nitrogen and oxygen atoms in total. The number of ketones is 2. The Kier molecular flexibility index (Phi) is 8.96. The number of methoxy groups -OCH3 is 1. The number of para-hydroxylation sites is 1. The highest BCUT2D eigenvalue weighted by molar-refractivity contribution is 6.02. The van der Waals surface area contributed by atoms with Crippen molar-refractivity contribution >= 4 is 11.6 Å². The first-order valence-corrected chi connectivity index (χ1v) is 8.46. The molecule has 0 heterocycles. The van der Waals surface area contributed by atoms with Gasteiger partial charge in [0.2, 0.25) is 0 Å². The average Bonchev–Trinajstić information content (AvgIpc) is 2.60. The number of aryl methyl sites for hydroxylation is 1. The lowest BCUT2D eigenvalue weighted by Gasteiger charge is -2.11. The van der Waals surface area contributed by atoms with E-state index in [2.05, 4.69) is 18.2 Å². The third-order valence-corrected chi connectivity index (χ3v) is 4.04. The molecule has 0 aromatic heterocycles.